The van der Waals surface area contributed by atoms with E-state index in [1.807, 2.05) is 43.9 Å². The van der Waals surface area contributed by atoms with Gasteiger partial charge in [0.1, 0.15) is 22.8 Å². The number of nitrogens with zero attached hydrogens (tertiary/aromatic N) is 6. The molecule has 0 amide bonds. The summed E-state index contributed by atoms with van der Waals surface area (Å²) in [6, 6.07) is 8.91. The number of aromatic nitrogens is 4. The first-order valence-corrected chi connectivity index (χ1v) is 17.3. The molecule has 0 unspecified atom stereocenters. The predicted octanol–water partition coefficient (Wildman–Crippen LogP) is 7.01. The molecule has 4 aromatic heterocycles. The highest BCUT2D eigenvalue weighted by Gasteiger charge is 2.22. The van der Waals surface area contributed by atoms with Gasteiger partial charge < -0.3 is 23.8 Å². The summed E-state index contributed by atoms with van der Waals surface area (Å²) in [6.07, 6.45) is 6.56. The Bertz CT molecular complexity index is 2170. The van der Waals surface area contributed by atoms with E-state index in [9.17, 15) is 18.4 Å². The van der Waals surface area contributed by atoms with Crippen LogP contribution < -0.4 is 9.47 Å². The summed E-state index contributed by atoms with van der Waals surface area (Å²) in [5.74, 6) is -0.911. The van der Waals surface area contributed by atoms with E-state index < -0.39 is 11.6 Å². The quantitative estimate of drug-likeness (QED) is 0.0779. The van der Waals surface area contributed by atoms with Crippen molar-refractivity contribution in [2.75, 3.05) is 56.6 Å². The van der Waals surface area contributed by atoms with Gasteiger partial charge in [-0.2, -0.15) is 0 Å². The van der Waals surface area contributed by atoms with Crippen molar-refractivity contribution in [1.82, 2.24) is 28.6 Å². The zero-order chi connectivity index (χ0) is 38.1. The van der Waals surface area contributed by atoms with Crippen molar-refractivity contribution in [3.8, 4) is 34.0 Å². The van der Waals surface area contributed by atoms with E-state index in [4.69, 9.17) is 18.9 Å². The van der Waals surface area contributed by atoms with Crippen molar-refractivity contribution in [2.24, 2.45) is 0 Å². The number of halogens is 2. The van der Waals surface area contributed by atoms with Gasteiger partial charge in [-0.25, -0.2) is 18.7 Å². The van der Waals surface area contributed by atoms with Crippen LogP contribution in [-0.2, 0) is 9.47 Å². The normalized spacial score (nSPS) is 11.2. The molecule has 16 heteroatoms. The van der Waals surface area contributed by atoms with E-state index in [1.54, 1.807) is 70.8 Å². The maximum atomic E-state index is 13.7. The first-order chi connectivity index (χ1) is 24.8. The fourth-order valence-electron chi connectivity index (χ4n) is 4.97. The molecular weight excluding hydrogens is 715 g/mol. The molecule has 0 aliphatic carbocycles. The van der Waals surface area contributed by atoms with Crippen molar-refractivity contribution >= 4 is 44.2 Å². The monoisotopic (exact) mass is 754 g/mol. The number of thiazole rings is 2. The van der Waals surface area contributed by atoms with Crippen LogP contribution >= 0.6 is 22.7 Å². The Kier molecular flexibility index (Phi) is 13.7. The summed E-state index contributed by atoms with van der Waals surface area (Å²) < 4.78 is 50.4. The van der Waals surface area contributed by atoms with E-state index in [1.165, 1.54) is 62.0 Å². The molecule has 6 rings (SSSR count). The largest absolute Gasteiger partial charge is 0.494 e. The fourth-order valence-corrected chi connectivity index (χ4v) is 6.40. The smallest absolute Gasteiger partial charge is 0.217 e. The van der Waals surface area contributed by atoms with Gasteiger partial charge in [-0.3, -0.25) is 23.3 Å². The number of methoxy groups -OCH3 is 4. The molecule has 52 heavy (non-hydrogen) atoms. The minimum Gasteiger partial charge on any atom is -0.494 e. The van der Waals surface area contributed by atoms with Crippen LogP contribution in [0.25, 0.3) is 32.4 Å². The van der Waals surface area contributed by atoms with E-state index >= 15 is 0 Å². The number of ketones is 2. The summed E-state index contributed by atoms with van der Waals surface area (Å²) >= 11 is 2.87. The standard InChI is InChI=1S/C17H16FN3O2S.C14H11FN2O2S.C5H13NO2/c1-20(2)7-6-13(22)16-15(19-17-21(16)8-9-24-17)11-4-5-12(18)14(10-11)23-3;1-8(18)13-12(16-14-17(13)5-6-20-14)9-3-4-10(15)11(7-9)19-2;1-6(2)5(7-3)8-4/h4-10H,1-3H3;3-7H,1-2H3;5H,1-4H3. The van der Waals surface area contributed by atoms with Crippen molar-refractivity contribution in [2.45, 2.75) is 13.3 Å². The number of imidazole rings is 2. The fraction of sp³-hybridized carbons (Fsp3) is 0.278. The molecule has 2 aromatic carbocycles. The van der Waals surface area contributed by atoms with Gasteiger partial charge in [0.2, 0.25) is 12.2 Å². The number of benzene rings is 2. The van der Waals surface area contributed by atoms with E-state index in [2.05, 4.69) is 9.97 Å². The molecule has 0 saturated carbocycles. The highest BCUT2D eigenvalue weighted by molar-refractivity contribution is 7.15. The topological polar surface area (TPSA) is 112 Å². The van der Waals surface area contributed by atoms with E-state index in [-0.39, 0.29) is 29.5 Å². The van der Waals surface area contributed by atoms with Gasteiger partial charge in [0.05, 0.1) is 14.2 Å². The van der Waals surface area contributed by atoms with Crippen molar-refractivity contribution in [3.63, 3.8) is 0 Å². The molecule has 0 saturated heterocycles. The predicted molar refractivity (Wildman–Crippen MR) is 199 cm³/mol. The summed E-state index contributed by atoms with van der Waals surface area (Å²) in [6.45, 7) is 1.49. The minimum atomic E-state index is -0.456. The number of carbonyl (C=O) groups excluding carboxylic acids is 2. The third-order valence-electron chi connectivity index (χ3n) is 7.29. The Labute approximate surface area is 308 Å². The zero-order valence-corrected chi connectivity index (χ0v) is 31.8. The molecular formula is C36H40F2N6O6S2. The third kappa shape index (κ3) is 9.07. The highest BCUT2D eigenvalue weighted by atomic mass is 32.1. The molecule has 4 heterocycles. The van der Waals surface area contributed by atoms with Gasteiger partial charge in [-0.1, -0.05) is 0 Å². The summed E-state index contributed by atoms with van der Waals surface area (Å²) in [5, 5.41) is 3.73. The van der Waals surface area contributed by atoms with E-state index in [0.717, 1.165) is 4.96 Å². The van der Waals surface area contributed by atoms with Crippen LogP contribution in [0.2, 0.25) is 0 Å². The first kappa shape index (κ1) is 39.8. The maximum absolute atomic E-state index is 13.7. The molecule has 0 fully saturated rings. The molecule has 0 radical (unpaired) electrons. The number of fused-ring (bicyclic) bond motifs is 2. The lowest BCUT2D eigenvalue weighted by Crippen LogP contribution is -2.30. The van der Waals surface area contributed by atoms with Gasteiger partial charge in [0.25, 0.3) is 0 Å². The number of Topliss-reactive ketones (excluding diaryl/α,β-unsaturated/α-hetero) is 1. The van der Waals surface area contributed by atoms with E-state index in [0.29, 0.717) is 38.9 Å². The third-order valence-corrected chi connectivity index (χ3v) is 8.80. The number of hydrogen-bond donors (Lipinski definition) is 0. The number of rotatable bonds is 11. The van der Waals surface area contributed by atoms with Crippen LogP contribution in [0.3, 0.4) is 0 Å². The van der Waals surface area contributed by atoms with Crippen molar-refractivity contribution < 1.29 is 37.3 Å². The van der Waals surface area contributed by atoms with Gasteiger partial charge in [0.15, 0.2) is 38.8 Å². The zero-order valence-electron chi connectivity index (χ0n) is 30.2. The summed E-state index contributed by atoms with van der Waals surface area (Å²) in [7, 11) is 13.5. The Morgan fingerprint density at radius 2 is 1.23 bits per heavy atom. The molecule has 6 aromatic rings. The average molecular weight is 755 g/mol. The molecule has 0 N–H and O–H groups in total. The highest BCUT2D eigenvalue weighted by Crippen LogP contribution is 2.32. The summed E-state index contributed by atoms with van der Waals surface area (Å²) in [4.78, 5) is 38.6. The average Bonchev–Trinajstić information content (AvgIpc) is 3.90. The Balaban J connectivity index is 0.000000195. The van der Waals surface area contributed by atoms with Gasteiger partial charge in [0, 0.05) is 81.8 Å². The first-order valence-electron chi connectivity index (χ1n) is 15.6. The molecule has 0 atom stereocenters. The van der Waals surface area contributed by atoms with Crippen LogP contribution in [0.5, 0.6) is 11.5 Å². The molecule has 0 aliphatic rings. The van der Waals surface area contributed by atoms with Crippen molar-refractivity contribution in [1.29, 1.82) is 0 Å². The lowest BCUT2D eigenvalue weighted by atomic mass is 10.1. The van der Waals surface area contributed by atoms with Crippen LogP contribution in [0, 0.1) is 11.6 Å². The molecule has 0 spiro atoms. The number of hydrogen-bond acceptors (Lipinski definition) is 12. The SMILES string of the molecule is COC(OC)N(C)C.COc1cc(-c2nc3sccn3c2C(=O)C=CN(C)C)ccc1F.COc1cc(-c2nc3sccn3c2C(C)=O)ccc1F. The van der Waals surface area contributed by atoms with Crippen LogP contribution in [0.15, 0.2) is 71.8 Å². The van der Waals surface area contributed by atoms with Gasteiger partial charge in [-0.05, 0) is 50.5 Å². The molecule has 0 bridgehead atoms. The number of allylic oxidation sites excluding steroid dienone is 1. The second kappa shape index (κ2) is 18.0. The second-order valence-electron chi connectivity index (χ2n) is 11.4. The molecule has 12 nitrogen and oxygen atoms in total. The van der Waals surface area contributed by atoms with Crippen LogP contribution in [0.4, 0.5) is 8.78 Å². The lowest BCUT2D eigenvalue weighted by molar-refractivity contribution is -0.179. The van der Waals surface area contributed by atoms with Crippen LogP contribution in [-0.4, -0.2) is 103 Å². The maximum Gasteiger partial charge on any atom is 0.217 e. The summed E-state index contributed by atoms with van der Waals surface area (Å²) in [5.41, 5.74) is 3.28. The lowest BCUT2D eigenvalue weighted by Gasteiger charge is -2.19. The Morgan fingerprint density at radius 3 is 1.62 bits per heavy atom. The second-order valence-corrected chi connectivity index (χ2v) is 13.1. The molecule has 276 valence electrons. The number of carbonyl (C=O) groups is 2. The number of ether oxygens (including phenoxy) is 4. The molecule has 0 aliphatic heterocycles. The Morgan fingerprint density at radius 1 is 0.769 bits per heavy atom. The van der Waals surface area contributed by atoms with Gasteiger partial charge in [-0.15, -0.1) is 22.7 Å². The minimum absolute atomic E-state index is 0.0887. The van der Waals surface area contributed by atoms with Gasteiger partial charge >= 0.3 is 0 Å². The van der Waals surface area contributed by atoms with Crippen molar-refractivity contribution in [3.05, 3.63) is 94.9 Å². The Hall–Kier alpha value is -5.00. The van der Waals surface area contributed by atoms with Crippen LogP contribution in [0.1, 0.15) is 27.9 Å².